The Morgan fingerprint density at radius 1 is 1.00 bits per heavy atom. The van der Waals surface area contributed by atoms with E-state index in [-0.39, 0.29) is 37.5 Å². The Bertz CT molecular complexity index is 426. The highest BCUT2D eigenvalue weighted by molar-refractivity contribution is 5.81. The molecule has 7 atom stereocenters. The van der Waals surface area contributed by atoms with Crippen LogP contribution in [0.5, 0.6) is 0 Å². The minimum Gasteiger partial charge on any atom is -0.460 e. The molecule has 0 saturated carbocycles. The Morgan fingerprint density at radius 3 is 2.32 bits per heavy atom. The van der Waals surface area contributed by atoms with E-state index in [9.17, 15) is 4.79 Å². The van der Waals surface area contributed by atoms with Crippen molar-refractivity contribution in [2.45, 2.75) is 70.0 Å². The molecule has 3 saturated heterocycles. The van der Waals surface area contributed by atoms with Crippen LogP contribution in [0.1, 0.15) is 26.7 Å². The minimum absolute atomic E-state index is 0.0647. The van der Waals surface area contributed by atoms with Crippen molar-refractivity contribution in [2.75, 3.05) is 6.61 Å². The lowest BCUT2D eigenvalue weighted by molar-refractivity contribution is -0.233. The van der Waals surface area contributed by atoms with Gasteiger partial charge >= 0.3 is 5.97 Å². The molecule has 0 aromatic carbocycles. The van der Waals surface area contributed by atoms with E-state index in [2.05, 4.69) is 6.58 Å². The Balaban J connectivity index is 1.71. The van der Waals surface area contributed by atoms with Crippen molar-refractivity contribution in [1.29, 1.82) is 0 Å². The van der Waals surface area contributed by atoms with Gasteiger partial charge in [-0.3, -0.25) is 0 Å². The second kappa shape index (κ2) is 6.64. The van der Waals surface area contributed by atoms with Gasteiger partial charge in [0.05, 0.1) is 0 Å². The highest BCUT2D eigenvalue weighted by Gasteiger charge is 2.57. The number of hydrogen-bond acceptors (Lipinski definition) is 7. The van der Waals surface area contributed by atoms with Gasteiger partial charge in [0.25, 0.3) is 0 Å². The van der Waals surface area contributed by atoms with Crippen LogP contribution in [0.15, 0.2) is 12.7 Å². The third kappa shape index (κ3) is 2.91. The number of carbonyl (C=O) groups is 1. The standard InChI is InChI=1S/C15H22O7/c1-4-9(16)17-7-8-12-13(20-10(5-2)19-12)14-15(18-8)22-11(6-3)21-14/h4,8,10-15H,1,5-7H2,2-3H3/t8-,10?,11?,12+,13+,14-,15-/m1/s1. The molecule has 3 aliphatic rings. The van der Waals surface area contributed by atoms with Crippen LogP contribution in [0.25, 0.3) is 0 Å². The molecule has 2 unspecified atom stereocenters. The maximum atomic E-state index is 11.3. The maximum absolute atomic E-state index is 11.3. The van der Waals surface area contributed by atoms with Gasteiger partial charge in [0, 0.05) is 6.08 Å². The average molecular weight is 314 g/mol. The highest BCUT2D eigenvalue weighted by Crippen LogP contribution is 2.39. The molecule has 0 spiro atoms. The van der Waals surface area contributed by atoms with E-state index in [1.54, 1.807) is 0 Å². The first-order valence-electron chi connectivity index (χ1n) is 7.72. The van der Waals surface area contributed by atoms with Gasteiger partial charge in [-0.25, -0.2) is 4.79 Å². The fourth-order valence-corrected chi connectivity index (χ4v) is 2.93. The fourth-order valence-electron chi connectivity index (χ4n) is 2.93. The quantitative estimate of drug-likeness (QED) is 0.556. The molecule has 0 bridgehead atoms. The number of esters is 1. The zero-order valence-electron chi connectivity index (χ0n) is 12.8. The van der Waals surface area contributed by atoms with E-state index < -0.39 is 18.4 Å². The molecule has 3 fully saturated rings. The van der Waals surface area contributed by atoms with Crippen LogP contribution in [0, 0.1) is 0 Å². The molecule has 0 N–H and O–H groups in total. The highest BCUT2D eigenvalue weighted by atomic mass is 16.8. The molecule has 7 heteroatoms. The van der Waals surface area contributed by atoms with Crippen LogP contribution in [0.2, 0.25) is 0 Å². The lowest BCUT2D eigenvalue weighted by atomic mass is 9.99. The summed E-state index contributed by atoms with van der Waals surface area (Å²) < 4.78 is 34.3. The van der Waals surface area contributed by atoms with Crippen molar-refractivity contribution >= 4 is 5.97 Å². The van der Waals surface area contributed by atoms with Crippen molar-refractivity contribution in [2.24, 2.45) is 0 Å². The summed E-state index contributed by atoms with van der Waals surface area (Å²) >= 11 is 0. The Hall–Kier alpha value is -0.990. The van der Waals surface area contributed by atoms with E-state index in [4.69, 9.17) is 28.4 Å². The Labute approximate surface area is 129 Å². The molecule has 3 rings (SSSR count). The van der Waals surface area contributed by atoms with Gasteiger partial charge in [-0.05, 0) is 12.8 Å². The number of hydrogen-bond donors (Lipinski definition) is 0. The van der Waals surface area contributed by atoms with Crippen LogP contribution >= 0.6 is 0 Å². The molecule has 7 nitrogen and oxygen atoms in total. The SMILES string of the molecule is C=CC(=O)OC[C@H]1O[C@@H]2OC(CC)O[C@@H]2[C@H]2OC(CC)O[C@H]21. The second-order valence-corrected chi connectivity index (χ2v) is 5.49. The predicted molar refractivity (Wildman–Crippen MR) is 73.7 cm³/mol. The monoisotopic (exact) mass is 314 g/mol. The molecule has 0 radical (unpaired) electrons. The fraction of sp³-hybridized carbons (Fsp3) is 0.800. The van der Waals surface area contributed by atoms with E-state index in [1.165, 1.54) is 0 Å². The number of rotatable bonds is 5. The first kappa shape index (κ1) is 15.9. The zero-order chi connectivity index (χ0) is 15.7. The van der Waals surface area contributed by atoms with Crippen LogP contribution in [-0.2, 0) is 33.2 Å². The summed E-state index contributed by atoms with van der Waals surface area (Å²) in [5, 5.41) is 0. The van der Waals surface area contributed by atoms with Crippen molar-refractivity contribution < 1.29 is 33.2 Å². The van der Waals surface area contributed by atoms with Gasteiger partial charge in [0.15, 0.2) is 18.9 Å². The summed E-state index contributed by atoms with van der Waals surface area (Å²) in [5.74, 6) is -0.497. The predicted octanol–water partition coefficient (Wildman–Crippen LogP) is 1.11. The van der Waals surface area contributed by atoms with Gasteiger partial charge in [0.1, 0.15) is 31.0 Å². The van der Waals surface area contributed by atoms with Crippen LogP contribution in [0.4, 0.5) is 0 Å². The Morgan fingerprint density at radius 2 is 1.64 bits per heavy atom. The zero-order valence-corrected chi connectivity index (χ0v) is 12.8. The molecule has 0 aliphatic carbocycles. The summed E-state index contributed by atoms with van der Waals surface area (Å²) in [6, 6.07) is 0. The largest absolute Gasteiger partial charge is 0.460 e. The topological polar surface area (TPSA) is 72.5 Å². The van der Waals surface area contributed by atoms with Crippen molar-refractivity contribution in [3.05, 3.63) is 12.7 Å². The van der Waals surface area contributed by atoms with Gasteiger partial charge in [-0.2, -0.15) is 0 Å². The lowest BCUT2D eigenvalue weighted by Gasteiger charge is -2.36. The number of fused-ring (bicyclic) bond motifs is 3. The molecular weight excluding hydrogens is 292 g/mol. The number of ether oxygens (including phenoxy) is 6. The first-order chi connectivity index (χ1) is 10.7. The molecule has 0 amide bonds. The average Bonchev–Trinajstić information content (AvgIpc) is 3.14. The molecule has 0 aromatic rings. The van der Waals surface area contributed by atoms with Crippen molar-refractivity contribution in [1.82, 2.24) is 0 Å². The smallest absolute Gasteiger partial charge is 0.330 e. The van der Waals surface area contributed by atoms with Crippen LogP contribution < -0.4 is 0 Å². The van der Waals surface area contributed by atoms with Gasteiger partial charge in [-0.15, -0.1) is 0 Å². The van der Waals surface area contributed by atoms with E-state index in [0.717, 1.165) is 18.9 Å². The third-order valence-corrected chi connectivity index (χ3v) is 4.03. The van der Waals surface area contributed by atoms with Crippen molar-refractivity contribution in [3.63, 3.8) is 0 Å². The maximum Gasteiger partial charge on any atom is 0.330 e. The van der Waals surface area contributed by atoms with Crippen LogP contribution in [0.3, 0.4) is 0 Å². The number of carbonyl (C=O) groups excluding carboxylic acids is 1. The van der Waals surface area contributed by atoms with E-state index >= 15 is 0 Å². The summed E-state index contributed by atoms with van der Waals surface area (Å²) in [4.78, 5) is 11.3. The first-order valence-corrected chi connectivity index (χ1v) is 7.72. The molecule has 0 aromatic heterocycles. The molecule has 3 heterocycles. The third-order valence-electron chi connectivity index (χ3n) is 4.03. The summed E-state index contributed by atoms with van der Waals surface area (Å²) in [6.07, 6.45) is 0.0152. The minimum atomic E-state index is -0.530. The van der Waals surface area contributed by atoms with Gasteiger partial charge in [0.2, 0.25) is 0 Å². The molecule has 3 aliphatic heterocycles. The summed E-state index contributed by atoms with van der Waals surface area (Å²) in [7, 11) is 0. The van der Waals surface area contributed by atoms with E-state index in [0.29, 0.717) is 0 Å². The molecular formula is C15H22O7. The lowest BCUT2D eigenvalue weighted by Crippen LogP contribution is -2.56. The van der Waals surface area contributed by atoms with Crippen LogP contribution in [-0.4, -0.2) is 55.9 Å². The van der Waals surface area contributed by atoms with E-state index in [1.807, 2.05) is 13.8 Å². The second-order valence-electron chi connectivity index (χ2n) is 5.49. The summed E-state index contributed by atoms with van der Waals surface area (Å²) in [5.41, 5.74) is 0. The Kier molecular flexibility index (Phi) is 4.79. The molecule has 124 valence electrons. The normalized spacial score (nSPS) is 43.5. The van der Waals surface area contributed by atoms with Gasteiger partial charge in [-0.1, -0.05) is 20.4 Å². The van der Waals surface area contributed by atoms with Gasteiger partial charge < -0.3 is 28.4 Å². The molecule has 22 heavy (non-hydrogen) atoms. The summed E-state index contributed by atoms with van der Waals surface area (Å²) in [6.45, 7) is 7.39. The van der Waals surface area contributed by atoms with Crippen molar-refractivity contribution in [3.8, 4) is 0 Å².